The quantitative estimate of drug-likeness (QED) is 0.426. The van der Waals surface area contributed by atoms with Gasteiger partial charge in [-0.1, -0.05) is 46.5 Å². The van der Waals surface area contributed by atoms with Gasteiger partial charge in [0.2, 0.25) is 0 Å². The van der Waals surface area contributed by atoms with Crippen molar-refractivity contribution in [3.63, 3.8) is 0 Å². The smallest absolute Gasteiger partial charge is 0.314 e. The van der Waals surface area contributed by atoms with Gasteiger partial charge in [-0.05, 0) is 19.4 Å². The molecule has 0 aromatic carbocycles. The molecule has 4 heteroatoms. The normalized spacial score (nSPS) is 14.4. The van der Waals surface area contributed by atoms with E-state index < -0.39 is 18.1 Å². The van der Waals surface area contributed by atoms with E-state index in [1.807, 2.05) is 6.92 Å². The van der Waals surface area contributed by atoms with E-state index in [9.17, 15) is 13.2 Å². The number of rotatable bonds is 10. The highest BCUT2D eigenvalue weighted by Crippen LogP contribution is 2.33. The minimum absolute atomic E-state index is 0.0863. The standard InChI is InChI=1S/C17H30F3N/c1-4-7-9-10-12-13-15(17(18,19)20)16(21-6-3)14-11-8-5-2/h15-16,21H,4-9,11,13-14H2,1-3H3/t15-,16+/m1/s1. The molecule has 0 aliphatic rings. The van der Waals surface area contributed by atoms with Crippen LogP contribution in [0.25, 0.3) is 0 Å². The number of alkyl halides is 3. The lowest BCUT2D eigenvalue weighted by Gasteiger charge is -2.28. The summed E-state index contributed by atoms with van der Waals surface area (Å²) in [6, 6.07) is -0.512. The zero-order valence-electron chi connectivity index (χ0n) is 13.7. The molecule has 0 saturated heterocycles. The molecule has 1 nitrogen and oxygen atoms in total. The molecule has 2 atom stereocenters. The van der Waals surface area contributed by atoms with Gasteiger partial charge in [0, 0.05) is 18.9 Å². The van der Waals surface area contributed by atoms with Crippen LogP contribution >= 0.6 is 0 Å². The molecule has 0 saturated carbocycles. The highest BCUT2D eigenvalue weighted by atomic mass is 19.4. The molecule has 0 aliphatic carbocycles. The van der Waals surface area contributed by atoms with Gasteiger partial charge in [-0.25, -0.2) is 0 Å². The first kappa shape index (κ1) is 20.3. The maximum absolute atomic E-state index is 13.3. The van der Waals surface area contributed by atoms with Gasteiger partial charge in [0.1, 0.15) is 0 Å². The topological polar surface area (TPSA) is 12.0 Å². The minimum Gasteiger partial charge on any atom is -0.314 e. The van der Waals surface area contributed by atoms with Crippen LogP contribution in [0.4, 0.5) is 13.2 Å². The van der Waals surface area contributed by atoms with Crippen LogP contribution in [0.3, 0.4) is 0 Å². The van der Waals surface area contributed by atoms with Crippen molar-refractivity contribution < 1.29 is 13.2 Å². The van der Waals surface area contributed by atoms with Crippen molar-refractivity contribution in [2.24, 2.45) is 5.92 Å². The van der Waals surface area contributed by atoms with E-state index in [2.05, 4.69) is 31.0 Å². The predicted molar refractivity (Wildman–Crippen MR) is 83.1 cm³/mol. The fourth-order valence-electron chi connectivity index (χ4n) is 2.34. The SMILES string of the molecule is CCCCC#CC[C@H]([C@H](CCCCC)NCC)C(F)(F)F. The summed E-state index contributed by atoms with van der Waals surface area (Å²) in [5.74, 6) is 4.26. The molecule has 0 aromatic heterocycles. The van der Waals surface area contributed by atoms with Crippen molar-refractivity contribution in [2.45, 2.75) is 84.4 Å². The minimum atomic E-state index is -4.18. The molecule has 0 amide bonds. The molecule has 0 aromatic rings. The molecule has 0 fully saturated rings. The lowest BCUT2D eigenvalue weighted by atomic mass is 9.91. The summed E-state index contributed by atoms with van der Waals surface area (Å²) < 4.78 is 39.8. The molecule has 1 N–H and O–H groups in total. The van der Waals surface area contributed by atoms with Crippen LogP contribution in [0, 0.1) is 17.8 Å². The second kappa shape index (κ2) is 11.9. The summed E-state index contributed by atoms with van der Waals surface area (Å²) >= 11 is 0. The van der Waals surface area contributed by atoms with E-state index in [-0.39, 0.29) is 6.42 Å². The monoisotopic (exact) mass is 305 g/mol. The van der Waals surface area contributed by atoms with Crippen molar-refractivity contribution in [1.29, 1.82) is 0 Å². The number of hydrogen-bond acceptors (Lipinski definition) is 1. The van der Waals surface area contributed by atoms with Crippen LogP contribution in [0.2, 0.25) is 0 Å². The van der Waals surface area contributed by atoms with Crippen LogP contribution < -0.4 is 5.32 Å². The molecule has 0 heterocycles. The first-order valence-electron chi connectivity index (χ1n) is 8.23. The van der Waals surface area contributed by atoms with E-state index in [0.717, 1.165) is 32.1 Å². The molecular weight excluding hydrogens is 275 g/mol. The Hall–Kier alpha value is -0.690. The fraction of sp³-hybridized carbons (Fsp3) is 0.882. The first-order chi connectivity index (χ1) is 9.97. The van der Waals surface area contributed by atoms with Gasteiger partial charge in [-0.3, -0.25) is 0 Å². The zero-order valence-corrected chi connectivity index (χ0v) is 13.7. The summed E-state index contributed by atoms with van der Waals surface area (Å²) in [5, 5.41) is 3.01. The zero-order chi connectivity index (χ0) is 16.1. The summed E-state index contributed by atoms with van der Waals surface area (Å²) in [6.45, 7) is 6.53. The number of nitrogens with one attached hydrogen (secondary N) is 1. The Bertz CT molecular complexity index is 301. The average Bonchev–Trinajstić information content (AvgIpc) is 2.41. The summed E-state index contributed by atoms with van der Waals surface area (Å²) in [6.07, 6.45) is 1.82. The highest BCUT2D eigenvalue weighted by Gasteiger charge is 2.43. The van der Waals surface area contributed by atoms with E-state index in [0.29, 0.717) is 19.4 Å². The predicted octanol–water partition coefficient (Wildman–Crippen LogP) is 5.31. The van der Waals surface area contributed by atoms with Crippen LogP contribution in [0.15, 0.2) is 0 Å². The van der Waals surface area contributed by atoms with Crippen LogP contribution in [-0.2, 0) is 0 Å². The Morgan fingerprint density at radius 3 is 2.14 bits per heavy atom. The maximum atomic E-state index is 13.3. The number of unbranched alkanes of at least 4 members (excludes halogenated alkanes) is 4. The molecular formula is C17H30F3N. The van der Waals surface area contributed by atoms with Gasteiger partial charge in [0.25, 0.3) is 0 Å². The van der Waals surface area contributed by atoms with Crippen molar-refractivity contribution in [2.75, 3.05) is 6.54 Å². The molecule has 0 aliphatic heterocycles. The van der Waals surface area contributed by atoms with Crippen molar-refractivity contribution in [3.8, 4) is 11.8 Å². The van der Waals surface area contributed by atoms with Crippen LogP contribution in [0.1, 0.15) is 72.1 Å². The van der Waals surface area contributed by atoms with Crippen molar-refractivity contribution in [1.82, 2.24) is 5.32 Å². The average molecular weight is 305 g/mol. The van der Waals surface area contributed by atoms with Crippen LogP contribution in [-0.4, -0.2) is 18.8 Å². The Kier molecular flexibility index (Phi) is 11.5. The second-order valence-corrected chi connectivity index (χ2v) is 5.47. The number of halogens is 3. The Balaban J connectivity index is 4.67. The Morgan fingerprint density at radius 2 is 1.62 bits per heavy atom. The number of hydrogen-bond donors (Lipinski definition) is 1. The first-order valence-corrected chi connectivity index (χ1v) is 8.23. The summed E-state index contributed by atoms with van der Waals surface area (Å²) in [4.78, 5) is 0. The maximum Gasteiger partial charge on any atom is 0.394 e. The summed E-state index contributed by atoms with van der Waals surface area (Å²) in [5.41, 5.74) is 0. The van der Waals surface area contributed by atoms with Gasteiger partial charge in [0.15, 0.2) is 0 Å². The Morgan fingerprint density at radius 1 is 0.952 bits per heavy atom. The van der Waals surface area contributed by atoms with Gasteiger partial charge in [0.05, 0.1) is 5.92 Å². The third-order valence-electron chi connectivity index (χ3n) is 3.59. The largest absolute Gasteiger partial charge is 0.394 e. The lowest BCUT2D eigenvalue weighted by Crippen LogP contribution is -2.43. The van der Waals surface area contributed by atoms with Gasteiger partial charge >= 0.3 is 6.18 Å². The Labute approximate surface area is 128 Å². The molecule has 21 heavy (non-hydrogen) atoms. The fourth-order valence-corrected chi connectivity index (χ4v) is 2.34. The molecule has 0 spiro atoms. The van der Waals surface area contributed by atoms with Gasteiger partial charge < -0.3 is 5.32 Å². The third kappa shape index (κ3) is 9.79. The van der Waals surface area contributed by atoms with E-state index in [4.69, 9.17) is 0 Å². The van der Waals surface area contributed by atoms with Gasteiger partial charge in [-0.15, -0.1) is 11.8 Å². The highest BCUT2D eigenvalue weighted by molar-refractivity contribution is 5.02. The van der Waals surface area contributed by atoms with Crippen molar-refractivity contribution in [3.05, 3.63) is 0 Å². The third-order valence-corrected chi connectivity index (χ3v) is 3.59. The molecule has 0 rings (SSSR count). The van der Waals surface area contributed by atoms with Gasteiger partial charge in [-0.2, -0.15) is 13.2 Å². The molecule has 0 radical (unpaired) electrons. The lowest BCUT2D eigenvalue weighted by molar-refractivity contribution is -0.181. The molecule has 0 bridgehead atoms. The van der Waals surface area contributed by atoms with E-state index in [1.165, 1.54) is 0 Å². The molecule has 124 valence electrons. The van der Waals surface area contributed by atoms with Crippen molar-refractivity contribution >= 4 is 0 Å². The van der Waals surface area contributed by atoms with Crippen LogP contribution in [0.5, 0.6) is 0 Å². The molecule has 0 unspecified atom stereocenters. The summed E-state index contributed by atoms with van der Waals surface area (Å²) in [7, 11) is 0. The second-order valence-electron chi connectivity index (χ2n) is 5.47. The van der Waals surface area contributed by atoms with E-state index >= 15 is 0 Å². The van der Waals surface area contributed by atoms with E-state index in [1.54, 1.807) is 0 Å².